The molecule has 1 saturated heterocycles. The van der Waals surface area contributed by atoms with Gasteiger partial charge in [0.2, 0.25) is 5.91 Å². The Kier molecular flexibility index (Phi) is 5.43. The molecule has 1 aliphatic rings. The molecule has 0 spiro atoms. The maximum Gasteiger partial charge on any atom is 0.241 e. The standard InChI is InChI=1S/C20H25N3O2/c1-16-8-9-19(25-2)18(14-16)21-15-20(24)23-12-10-22(11-13-23)17-6-4-3-5-7-17/h3-9,14,21H,10-13,15H2,1-2H3. The van der Waals surface area contributed by atoms with Crippen LogP contribution in [0.25, 0.3) is 0 Å². The van der Waals surface area contributed by atoms with Crippen LogP contribution < -0.4 is 15.0 Å². The number of nitrogens with zero attached hydrogens (tertiary/aromatic N) is 2. The summed E-state index contributed by atoms with van der Waals surface area (Å²) in [7, 11) is 1.64. The Morgan fingerprint density at radius 2 is 1.80 bits per heavy atom. The smallest absolute Gasteiger partial charge is 0.241 e. The van der Waals surface area contributed by atoms with E-state index in [2.05, 4.69) is 22.3 Å². The minimum Gasteiger partial charge on any atom is -0.495 e. The first kappa shape index (κ1) is 17.1. The Morgan fingerprint density at radius 1 is 1.08 bits per heavy atom. The van der Waals surface area contributed by atoms with Crippen molar-refractivity contribution in [1.29, 1.82) is 0 Å². The molecule has 25 heavy (non-hydrogen) atoms. The van der Waals surface area contributed by atoms with Crippen molar-refractivity contribution in [2.45, 2.75) is 6.92 Å². The van der Waals surface area contributed by atoms with Gasteiger partial charge >= 0.3 is 0 Å². The number of benzene rings is 2. The summed E-state index contributed by atoms with van der Waals surface area (Å²) in [4.78, 5) is 16.7. The number of amides is 1. The van der Waals surface area contributed by atoms with E-state index in [9.17, 15) is 4.79 Å². The Morgan fingerprint density at radius 3 is 2.48 bits per heavy atom. The zero-order chi connectivity index (χ0) is 17.6. The van der Waals surface area contributed by atoms with Gasteiger partial charge in [-0.25, -0.2) is 0 Å². The lowest BCUT2D eigenvalue weighted by Gasteiger charge is -2.36. The Balaban J connectivity index is 1.52. The maximum atomic E-state index is 12.5. The summed E-state index contributed by atoms with van der Waals surface area (Å²) >= 11 is 0. The van der Waals surface area contributed by atoms with Crippen LogP contribution >= 0.6 is 0 Å². The number of nitrogens with one attached hydrogen (secondary N) is 1. The van der Waals surface area contributed by atoms with E-state index >= 15 is 0 Å². The lowest BCUT2D eigenvalue weighted by atomic mass is 10.2. The molecule has 0 aromatic heterocycles. The molecule has 1 N–H and O–H groups in total. The molecule has 0 bridgehead atoms. The van der Waals surface area contributed by atoms with Gasteiger partial charge in [0.15, 0.2) is 0 Å². The van der Waals surface area contributed by atoms with Gasteiger partial charge in [0.25, 0.3) is 0 Å². The number of hydrogen-bond acceptors (Lipinski definition) is 4. The van der Waals surface area contributed by atoms with E-state index in [1.54, 1.807) is 7.11 Å². The average Bonchev–Trinajstić information content (AvgIpc) is 2.67. The number of methoxy groups -OCH3 is 1. The van der Waals surface area contributed by atoms with E-state index in [-0.39, 0.29) is 12.5 Å². The van der Waals surface area contributed by atoms with Crippen molar-refractivity contribution in [2.75, 3.05) is 50.1 Å². The molecule has 1 amide bonds. The number of aryl methyl sites for hydroxylation is 1. The molecule has 5 heteroatoms. The molecular formula is C20H25N3O2. The Hall–Kier alpha value is -2.69. The third kappa shape index (κ3) is 4.24. The number of ether oxygens (including phenoxy) is 1. The van der Waals surface area contributed by atoms with Crippen LogP contribution in [0.1, 0.15) is 5.56 Å². The highest BCUT2D eigenvalue weighted by Gasteiger charge is 2.21. The molecular weight excluding hydrogens is 314 g/mol. The molecule has 0 saturated carbocycles. The van der Waals surface area contributed by atoms with E-state index in [4.69, 9.17) is 4.74 Å². The van der Waals surface area contributed by atoms with E-state index < -0.39 is 0 Å². The van der Waals surface area contributed by atoms with Crippen LogP contribution in [0.5, 0.6) is 5.75 Å². The second kappa shape index (κ2) is 7.92. The predicted octanol–water partition coefficient (Wildman–Crippen LogP) is 2.76. The first-order valence-corrected chi connectivity index (χ1v) is 8.63. The highest BCUT2D eigenvalue weighted by atomic mass is 16.5. The number of rotatable bonds is 5. The quantitative estimate of drug-likeness (QED) is 0.910. The molecule has 1 fully saturated rings. The van der Waals surface area contributed by atoms with Gasteiger partial charge in [-0.15, -0.1) is 0 Å². The molecule has 2 aromatic rings. The molecule has 1 heterocycles. The highest BCUT2D eigenvalue weighted by Crippen LogP contribution is 2.25. The van der Waals surface area contributed by atoms with E-state index in [0.717, 1.165) is 43.2 Å². The SMILES string of the molecule is COc1ccc(C)cc1NCC(=O)N1CCN(c2ccccc2)CC1. The third-order valence-corrected chi connectivity index (χ3v) is 4.54. The number of anilines is 2. The summed E-state index contributed by atoms with van der Waals surface area (Å²) in [5.74, 6) is 0.878. The first-order valence-electron chi connectivity index (χ1n) is 8.63. The molecule has 0 radical (unpaired) electrons. The van der Waals surface area contributed by atoms with Crippen molar-refractivity contribution in [3.8, 4) is 5.75 Å². The van der Waals surface area contributed by atoms with Crippen molar-refractivity contribution < 1.29 is 9.53 Å². The van der Waals surface area contributed by atoms with E-state index in [0.29, 0.717) is 0 Å². The highest BCUT2D eigenvalue weighted by molar-refractivity contribution is 5.81. The minimum atomic E-state index is 0.122. The molecule has 1 aliphatic heterocycles. The van der Waals surface area contributed by atoms with Gasteiger partial charge in [-0.2, -0.15) is 0 Å². The lowest BCUT2D eigenvalue weighted by molar-refractivity contribution is -0.129. The summed E-state index contributed by atoms with van der Waals surface area (Å²) in [5.41, 5.74) is 3.21. The van der Waals surface area contributed by atoms with E-state index in [1.165, 1.54) is 5.69 Å². The molecule has 0 atom stereocenters. The van der Waals surface area contributed by atoms with Gasteiger partial charge in [-0.3, -0.25) is 4.79 Å². The normalized spacial score (nSPS) is 14.3. The van der Waals surface area contributed by atoms with Gasteiger partial charge in [0, 0.05) is 31.9 Å². The molecule has 5 nitrogen and oxygen atoms in total. The summed E-state index contributed by atoms with van der Waals surface area (Å²) < 4.78 is 5.35. The monoisotopic (exact) mass is 339 g/mol. The van der Waals surface area contributed by atoms with Crippen LogP contribution in [0, 0.1) is 6.92 Å². The summed E-state index contributed by atoms with van der Waals surface area (Å²) in [5, 5.41) is 3.22. The summed E-state index contributed by atoms with van der Waals surface area (Å²) in [6, 6.07) is 16.3. The lowest BCUT2D eigenvalue weighted by Crippen LogP contribution is -2.50. The van der Waals surface area contributed by atoms with Gasteiger partial charge in [0.1, 0.15) is 5.75 Å². The van der Waals surface area contributed by atoms with Crippen molar-refractivity contribution >= 4 is 17.3 Å². The topological polar surface area (TPSA) is 44.8 Å². The molecule has 3 rings (SSSR count). The average molecular weight is 339 g/mol. The van der Waals surface area contributed by atoms with Crippen LogP contribution in [0.2, 0.25) is 0 Å². The molecule has 0 unspecified atom stereocenters. The minimum absolute atomic E-state index is 0.122. The molecule has 0 aliphatic carbocycles. The van der Waals surface area contributed by atoms with Crippen molar-refractivity contribution in [1.82, 2.24) is 4.90 Å². The van der Waals surface area contributed by atoms with Gasteiger partial charge in [0.05, 0.1) is 19.3 Å². The predicted molar refractivity (Wildman–Crippen MR) is 101 cm³/mol. The fraction of sp³-hybridized carbons (Fsp3) is 0.350. The van der Waals surface area contributed by atoms with Crippen LogP contribution in [-0.2, 0) is 4.79 Å². The van der Waals surface area contributed by atoms with Crippen LogP contribution in [-0.4, -0.2) is 50.6 Å². The van der Waals surface area contributed by atoms with Crippen molar-refractivity contribution in [2.24, 2.45) is 0 Å². The molecule has 2 aromatic carbocycles. The first-order chi connectivity index (χ1) is 12.2. The summed E-state index contributed by atoms with van der Waals surface area (Å²) in [6.45, 7) is 5.54. The Labute approximate surface area is 149 Å². The summed E-state index contributed by atoms with van der Waals surface area (Å²) in [6.07, 6.45) is 0. The van der Waals surface area contributed by atoms with Gasteiger partial charge in [-0.1, -0.05) is 24.3 Å². The Bertz CT molecular complexity index is 710. The zero-order valence-electron chi connectivity index (χ0n) is 14.9. The van der Waals surface area contributed by atoms with E-state index in [1.807, 2.05) is 48.2 Å². The fourth-order valence-electron chi connectivity index (χ4n) is 3.10. The van der Waals surface area contributed by atoms with Crippen LogP contribution in [0.3, 0.4) is 0 Å². The maximum absolute atomic E-state index is 12.5. The van der Waals surface area contributed by atoms with Gasteiger partial charge < -0.3 is 19.9 Å². The second-order valence-electron chi connectivity index (χ2n) is 6.26. The number of carbonyl (C=O) groups excluding carboxylic acids is 1. The van der Waals surface area contributed by atoms with Gasteiger partial charge in [-0.05, 0) is 36.8 Å². The largest absolute Gasteiger partial charge is 0.495 e. The fourth-order valence-corrected chi connectivity index (χ4v) is 3.10. The van der Waals surface area contributed by atoms with Crippen molar-refractivity contribution in [3.63, 3.8) is 0 Å². The van der Waals surface area contributed by atoms with Crippen molar-refractivity contribution in [3.05, 3.63) is 54.1 Å². The number of carbonyl (C=O) groups is 1. The number of hydrogen-bond donors (Lipinski definition) is 1. The number of piperazine rings is 1. The number of para-hydroxylation sites is 1. The second-order valence-corrected chi connectivity index (χ2v) is 6.26. The van der Waals surface area contributed by atoms with Crippen LogP contribution in [0.15, 0.2) is 48.5 Å². The zero-order valence-corrected chi connectivity index (χ0v) is 14.9. The van der Waals surface area contributed by atoms with Crippen LogP contribution in [0.4, 0.5) is 11.4 Å². The molecule has 132 valence electrons. The third-order valence-electron chi connectivity index (χ3n) is 4.54.